The summed E-state index contributed by atoms with van der Waals surface area (Å²) in [5, 5.41) is 5.89. The van der Waals surface area contributed by atoms with Gasteiger partial charge < -0.3 is 21.3 Å². The highest BCUT2D eigenvalue weighted by atomic mass is 32.1. The molecule has 1 aliphatic carbocycles. The van der Waals surface area contributed by atoms with Crippen LogP contribution in [0.15, 0.2) is 0 Å². The minimum absolute atomic E-state index is 0.00712. The molecule has 1 fully saturated rings. The number of hydrogen-bond acceptors (Lipinski definition) is 7. The average Bonchev–Trinajstić information content (AvgIpc) is 3.25. The minimum atomic E-state index is -1.08. The van der Waals surface area contributed by atoms with Crippen LogP contribution >= 0.6 is 11.3 Å². The van der Waals surface area contributed by atoms with E-state index >= 15 is 0 Å². The Bertz CT molecular complexity index is 833. The molecule has 164 valence electrons. The standard InChI is InChI=1S/C19H28N6O4S/c1-4-25(3)19(29)10-5-6-11(21-16(27)15(20)26)12(7-10)22-17(28)18-23-13-8-24(2)9-14(13)30-18/h10-12H,4-9H2,1-3H3,(H2,20,26)(H,21,27)(H,22,28)/t10-,11-,12+/m0/s1. The van der Waals surface area contributed by atoms with Crippen molar-refractivity contribution in [3.8, 4) is 0 Å². The molecule has 30 heavy (non-hydrogen) atoms. The number of primary amides is 1. The molecule has 1 saturated carbocycles. The highest BCUT2D eigenvalue weighted by Gasteiger charge is 2.37. The Morgan fingerprint density at radius 3 is 2.57 bits per heavy atom. The first kappa shape index (κ1) is 22.2. The predicted octanol–water partition coefficient (Wildman–Crippen LogP) is -0.565. The third-order valence-electron chi connectivity index (χ3n) is 5.71. The molecule has 11 heteroatoms. The van der Waals surface area contributed by atoms with E-state index in [0.29, 0.717) is 37.4 Å². The lowest BCUT2D eigenvalue weighted by molar-refractivity contribution is -0.138. The van der Waals surface area contributed by atoms with Crippen LogP contribution in [0.1, 0.15) is 46.6 Å². The number of nitrogens with two attached hydrogens (primary N) is 1. The lowest BCUT2D eigenvalue weighted by atomic mass is 9.81. The first-order valence-electron chi connectivity index (χ1n) is 10.0. The first-order chi connectivity index (χ1) is 14.2. The summed E-state index contributed by atoms with van der Waals surface area (Å²) >= 11 is 1.36. The molecule has 0 saturated heterocycles. The molecule has 0 radical (unpaired) electrons. The fourth-order valence-electron chi connectivity index (χ4n) is 3.95. The van der Waals surface area contributed by atoms with Crippen molar-refractivity contribution < 1.29 is 19.2 Å². The summed E-state index contributed by atoms with van der Waals surface area (Å²) < 4.78 is 0. The molecule has 1 aromatic rings. The van der Waals surface area contributed by atoms with Gasteiger partial charge in [0.2, 0.25) is 5.91 Å². The zero-order valence-electron chi connectivity index (χ0n) is 17.4. The summed E-state index contributed by atoms with van der Waals surface area (Å²) in [6.45, 7) is 3.96. The number of hydrogen-bond donors (Lipinski definition) is 3. The van der Waals surface area contributed by atoms with Crippen LogP contribution in [0.5, 0.6) is 0 Å². The topological polar surface area (TPSA) is 138 Å². The third-order valence-corrected chi connectivity index (χ3v) is 6.79. The number of carbonyl (C=O) groups is 4. The SMILES string of the molecule is CCN(C)C(=O)[C@H]1CC[C@H](NC(=O)C(N)=O)[C@H](NC(=O)c2nc3c(s2)CN(C)C3)C1. The fraction of sp³-hybridized carbons (Fsp3) is 0.632. The molecule has 0 unspecified atom stereocenters. The Hall–Kier alpha value is -2.53. The van der Waals surface area contributed by atoms with Crippen molar-refractivity contribution in [2.75, 3.05) is 20.6 Å². The molecule has 4 N–H and O–H groups in total. The second-order valence-electron chi connectivity index (χ2n) is 7.95. The number of amides is 4. The maximum Gasteiger partial charge on any atom is 0.309 e. The molecular formula is C19H28N6O4S. The monoisotopic (exact) mass is 436 g/mol. The molecule has 2 heterocycles. The molecule has 0 aromatic carbocycles. The van der Waals surface area contributed by atoms with E-state index in [1.165, 1.54) is 11.3 Å². The molecule has 1 aliphatic heterocycles. The molecule has 0 spiro atoms. The summed E-state index contributed by atoms with van der Waals surface area (Å²) in [5.41, 5.74) is 5.97. The molecule has 3 rings (SSSR count). The van der Waals surface area contributed by atoms with Crippen LogP contribution in [0.2, 0.25) is 0 Å². The van der Waals surface area contributed by atoms with Gasteiger partial charge in [0.25, 0.3) is 5.91 Å². The minimum Gasteiger partial charge on any atom is -0.361 e. The van der Waals surface area contributed by atoms with Crippen LogP contribution < -0.4 is 16.4 Å². The van der Waals surface area contributed by atoms with Crippen molar-refractivity contribution in [2.45, 2.75) is 51.4 Å². The predicted molar refractivity (Wildman–Crippen MR) is 110 cm³/mol. The Morgan fingerprint density at radius 1 is 1.20 bits per heavy atom. The van der Waals surface area contributed by atoms with Crippen molar-refractivity contribution in [2.24, 2.45) is 11.7 Å². The zero-order chi connectivity index (χ0) is 22.0. The second-order valence-corrected chi connectivity index (χ2v) is 9.03. The van der Waals surface area contributed by atoms with Crippen LogP contribution in [0, 0.1) is 5.92 Å². The van der Waals surface area contributed by atoms with E-state index in [-0.39, 0.29) is 17.7 Å². The van der Waals surface area contributed by atoms with Crippen molar-refractivity contribution >= 4 is 35.0 Å². The molecule has 4 amide bonds. The van der Waals surface area contributed by atoms with Crippen LogP contribution in [0.25, 0.3) is 0 Å². The maximum absolute atomic E-state index is 12.9. The maximum atomic E-state index is 12.9. The second kappa shape index (κ2) is 9.09. The van der Waals surface area contributed by atoms with E-state index in [9.17, 15) is 19.2 Å². The van der Waals surface area contributed by atoms with E-state index in [1.807, 2.05) is 14.0 Å². The molecule has 2 aliphatic rings. The van der Waals surface area contributed by atoms with Crippen LogP contribution in [0.4, 0.5) is 0 Å². The van der Waals surface area contributed by atoms with E-state index in [1.54, 1.807) is 11.9 Å². The van der Waals surface area contributed by atoms with Gasteiger partial charge in [-0.15, -0.1) is 11.3 Å². The van der Waals surface area contributed by atoms with Crippen LogP contribution in [0.3, 0.4) is 0 Å². The largest absolute Gasteiger partial charge is 0.361 e. The number of carbonyl (C=O) groups excluding carboxylic acids is 4. The van der Waals surface area contributed by atoms with E-state index in [4.69, 9.17) is 5.73 Å². The van der Waals surface area contributed by atoms with Gasteiger partial charge in [-0.2, -0.15) is 0 Å². The molecular weight excluding hydrogens is 408 g/mol. The van der Waals surface area contributed by atoms with Crippen LogP contribution in [-0.2, 0) is 27.5 Å². The summed E-state index contributed by atoms with van der Waals surface area (Å²) in [5.74, 6) is -2.57. The van der Waals surface area contributed by atoms with Crippen molar-refractivity contribution in [1.82, 2.24) is 25.4 Å². The fourth-order valence-corrected chi connectivity index (χ4v) is 5.00. The van der Waals surface area contributed by atoms with Crippen molar-refractivity contribution in [3.63, 3.8) is 0 Å². The van der Waals surface area contributed by atoms with Crippen LogP contribution in [-0.4, -0.2) is 71.1 Å². The summed E-state index contributed by atoms with van der Waals surface area (Å²) in [7, 11) is 3.73. The number of nitrogens with zero attached hydrogens (tertiary/aromatic N) is 3. The zero-order valence-corrected chi connectivity index (χ0v) is 18.3. The average molecular weight is 437 g/mol. The highest BCUT2D eigenvalue weighted by molar-refractivity contribution is 7.13. The summed E-state index contributed by atoms with van der Waals surface area (Å²) in [4.78, 5) is 57.8. The Labute approximate surface area is 179 Å². The lowest BCUT2D eigenvalue weighted by Gasteiger charge is -2.37. The van der Waals surface area contributed by atoms with Crippen molar-refractivity contribution in [1.29, 1.82) is 0 Å². The van der Waals surface area contributed by atoms with Crippen molar-refractivity contribution in [3.05, 3.63) is 15.6 Å². The van der Waals surface area contributed by atoms with Gasteiger partial charge in [0, 0.05) is 43.5 Å². The van der Waals surface area contributed by atoms with E-state index < -0.39 is 23.9 Å². The van der Waals surface area contributed by atoms with Gasteiger partial charge in [0.05, 0.1) is 11.7 Å². The molecule has 0 bridgehead atoms. The summed E-state index contributed by atoms with van der Waals surface area (Å²) in [6.07, 6.45) is 1.38. The number of nitrogens with one attached hydrogen (secondary N) is 2. The molecule has 1 aromatic heterocycles. The Balaban J connectivity index is 1.73. The van der Waals surface area contributed by atoms with Gasteiger partial charge in [-0.05, 0) is 33.2 Å². The quantitative estimate of drug-likeness (QED) is 0.529. The normalized spacial score (nSPS) is 23.5. The number of thiazole rings is 1. The van der Waals surface area contributed by atoms with Gasteiger partial charge in [-0.3, -0.25) is 24.1 Å². The molecule has 3 atom stereocenters. The third kappa shape index (κ3) is 4.78. The number of aromatic nitrogens is 1. The Morgan fingerprint density at radius 2 is 1.93 bits per heavy atom. The Kier molecular flexibility index (Phi) is 6.71. The number of rotatable bonds is 5. The molecule has 10 nitrogen and oxygen atoms in total. The highest BCUT2D eigenvalue weighted by Crippen LogP contribution is 2.29. The van der Waals surface area contributed by atoms with Gasteiger partial charge in [-0.1, -0.05) is 0 Å². The van der Waals surface area contributed by atoms with E-state index in [2.05, 4.69) is 20.5 Å². The van der Waals surface area contributed by atoms with Gasteiger partial charge in [0.15, 0.2) is 5.01 Å². The van der Waals surface area contributed by atoms with Gasteiger partial charge in [-0.25, -0.2) is 4.98 Å². The van der Waals surface area contributed by atoms with Gasteiger partial charge in [0.1, 0.15) is 0 Å². The first-order valence-corrected chi connectivity index (χ1v) is 10.8. The lowest BCUT2D eigenvalue weighted by Crippen LogP contribution is -2.57. The van der Waals surface area contributed by atoms with Gasteiger partial charge >= 0.3 is 11.8 Å². The van der Waals surface area contributed by atoms with E-state index in [0.717, 1.165) is 17.1 Å². The summed E-state index contributed by atoms with van der Waals surface area (Å²) in [6, 6.07) is -0.988. The number of fused-ring (bicyclic) bond motifs is 1. The smallest absolute Gasteiger partial charge is 0.309 e.